The summed E-state index contributed by atoms with van der Waals surface area (Å²) in [7, 11) is -0.330. The van der Waals surface area contributed by atoms with E-state index in [1.165, 1.54) is 22.7 Å². The van der Waals surface area contributed by atoms with Gasteiger partial charge in [-0.1, -0.05) is 37.3 Å². The fourth-order valence-electron chi connectivity index (χ4n) is 2.98. The molecule has 0 aliphatic carbocycles. The van der Waals surface area contributed by atoms with Crippen LogP contribution >= 0.6 is 0 Å². The fraction of sp³-hybridized carbons (Fsp3) is 0.588. The highest BCUT2D eigenvalue weighted by molar-refractivity contribution is 7.86. The van der Waals surface area contributed by atoms with E-state index in [9.17, 15) is 13.2 Å². The number of hydrogen-bond donors (Lipinski definition) is 1. The maximum atomic E-state index is 12.5. The van der Waals surface area contributed by atoms with Crippen molar-refractivity contribution < 1.29 is 13.2 Å². The Bertz CT molecular complexity index is 638. The molecule has 7 heteroatoms. The van der Waals surface area contributed by atoms with Gasteiger partial charge in [0, 0.05) is 33.1 Å². The van der Waals surface area contributed by atoms with Crippen LogP contribution in [0.4, 0.5) is 0 Å². The largest absolute Gasteiger partial charge is 0.349 e. The van der Waals surface area contributed by atoms with Crippen molar-refractivity contribution in [3.63, 3.8) is 0 Å². The molecule has 1 atom stereocenters. The monoisotopic (exact) mass is 353 g/mol. The quantitative estimate of drug-likeness (QED) is 0.847. The minimum Gasteiger partial charge on any atom is -0.349 e. The van der Waals surface area contributed by atoms with Gasteiger partial charge >= 0.3 is 0 Å². The van der Waals surface area contributed by atoms with Crippen LogP contribution in [0.15, 0.2) is 30.3 Å². The third-order valence-corrected chi connectivity index (χ3v) is 6.48. The normalized spacial score (nSPS) is 18.5. The van der Waals surface area contributed by atoms with Crippen LogP contribution in [-0.2, 0) is 15.0 Å². The van der Waals surface area contributed by atoms with Gasteiger partial charge in [0.25, 0.3) is 10.2 Å². The minimum atomic E-state index is -3.38. The Balaban J connectivity index is 1.93. The molecule has 1 amide bonds. The van der Waals surface area contributed by atoms with E-state index in [-0.39, 0.29) is 17.9 Å². The first-order valence-corrected chi connectivity index (χ1v) is 9.79. The van der Waals surface area contributed by atoms with Gasteiger partial charge in [0.1, 0.15) is 0 Å². The van der Waals surface area contributed by atoms with Crippen molar-refractivity contribution in [3.8, 4) is 0 Å². The molecule has 0 saturated carbocycles. The molecule has 0 unspecified atom stereocenters. The van der Waals surface area contributed by atoms with E-state index in [0.717, 1.165) is 12.0 Å². The number of hydrogen-bond acceptors (Lipinski definition) is 3. The molecule has 0 bridgehead atoms. The first kappa shape index (κ1) is 18.9. The van der Waals surface area contributed by atoms with Crippen molar-refractivity contribution in [1.82, 2.24) is 13.9 Å². The summed E-state index contributed by atoms with van der Waals surface area (Å²) >= 11 is 0. The molecule has 1 fully saturated rings. The maximum absolute atomic E-state index is 12.5. The van der Waals surface area contributed by atoms with Gasteiger partial charge in [-0.25, -0.2) is 0 Å². The predicted octanol–water partition coefficient (Wildman–Crippen LogP) is 1.77. The van der Waals surface area contributed by atoms with E-state index in [1.807, 2.05) is 37.3 Å². The van der Waals surface area contributed by atoms with Crippen LogP contribution in [0.25, 0.3) is 0 Å². The van der Waals surface area contributed by atoms with Crippen LogP contribution in [0.1, 0.15) is 37.8 Å². The Morgan fingerprint density at radius 3 is 2.33 bits per heavy atom. The smallest absolute Gasteiger partial charge is 0.281 e. The fourth-order valence-corrected chi connectivity index (χ4v) is 4.11. The van der Waals surface area contributed by atoms with E-state index < -0.39 is 10.2 Å². The topological polar surface area (TPSA) is 69.7 Å². The first-order chi connectivity index (χ1) is 11.4. The summed E-state index contributed by atoms with van der Waals surface area (Å²) in [6, 6.07) is 9.92. The standard InChI is InChI=1S/C17H27N3O3S/c1-4-16(14-8-6-5-7-9-14)18-17(21)15-10-12-20(13-11-15)24(22,23)19(2)3/h5-9,15-16H,4,10-13H2,1-3H3,(H,18,21)/t16-/m1/s1. The maximum Gasteiger partial charge on any atom is 0.281 e. The summed E-state index contributed by atoms with van der Waals surface area (Å²) < 4.78 is 26.9. The Labute approximate surface area is 145 Å². The van der Waals surface area contributed by atoms with Crippen molar-refractivity contribution in [1.29, 1.82) is 0 Å². The summed E-state index contributed by atoms with van der Waals surface area (Å²) in [5.41, 5.74) is 1.10. The molecule has 0 aromatic heterocycles. The van der Waals surface area contributed by atoms with Crippen LogP contribution in [-0.4, -0.2) is 50.1 Å². The summed E-state index contributed by atoms with van der Waals surface area (Å²) in [6.07, 6.45) is 1.94. The van der Waals surface area contributed by atoms with Crippen LogP contribution in [0.3, 0.4) is 0 Å². The SMILES string of the molecule is CC[C@@H](NC(=O)C1CCN(S(=O)(=O)N(C)C)CC1)c1ccccc1. The molecule has 1 aliphatic rings. The van der Waals surface area contributed by atoms with Crippen LogP contribution in [0.5, 0.6) is 0 Å². The van der Waals surface area contributed by atoms with Crippen molar-refractivity contribution in [2.75, 3.05) is 27.2 Å². The van der Waals surface area contributed by atoms with E-state index in [4.69, 9.17) is 0 Å². The number of carbonyl (C=O) groups excluding carboxylic acids is 1. The van der Waals surface area contributed by atoms with E-state index in [1.54, 1.807) is 0 Å². The van der Waals surface area contributed by atoms with Gasteiger partial charge in [-0.15, -0.1) is 0 Å². The highest BCUT2D eigenvalue weighted by atomic mass is 32.2. The van der Waals surface area contributed by atoms with Gasteiger partial charge in [-0.05, 0) is 24.8 Å². The lowest BCUT2D eigenvalue weighted by Gasteiger charge is -2.32. The Morgan fingerprint density at radius 1 is 1.25 bits per heavy atom. The average molecular weight is 353 g/mol. The number of piperidine rings is 1. The van der Waals surface area contributed by atoms with Crippen LogP contribution < -0.4 is 5.32 Å². The lowest BCUT2D eigenvalue weighted by Crippen LogP contribution is -2.47. The molecule has 1 aromatic carbocycles. The van der Waals surface area contributed by atoms with E-state index >= 15 is 0 Å². The molecule has 6 nitrogen and oxygen atoms in total. The summed E-state index contributed by atoms with van der Waals surface area (Å²) in [5, 5.41) is 3.11. The van der Waals surface area contributed by atoms with Crippen molar-refractivity contribution >= 4 is 16.1 Å². The molecule has 2 rings (SSSR count). The molecule has 1 N–H and O–H groups in total. The van der Waals surface area contributed by atoms with Gasteiger partial charge in [0.05, 0.1) is 6.04 Å². The van der Waals surface area contributed by atoms with Crippen LogP contribution in [0.2, 0.25) is 0 Å². The van der Waals surface area contributed by atoms with Gasteiger partial charge in [-0.3, -0.25) is 4.79 Å². The second kappa shape index (κ2) is 8.09. The lowest BCUT2D eigenvalue weighted by molar-refractivity contribution is -0.126. The van der Waals surface area contributed by atoms with Crippen molar-refractivity contribution in [2.24, 2.45) is 5.92 Å². The highest BCUT2D eigenvalue weighted by Crippen LogP contribution is 2.23. The van der Waals surface area contributed by atoms with Crippen LogP contribution in [0, 0.1) is 5.92 Å². The summed E-state index contributed by atoms with van der Waals surface area (Å²) in [4.78, 5) is 12.5. The molecule has 0 spiro atoms. The second-order valence-electron chi connectivity index (χ2n) is 6.34. The van der Waals surface area contributed by atoms with Gasteiger partial charge in [-0.2, -0.15) is 17.0 Å². The molecule has 1 aromatic rings. The number of carbonyl (C=O) groups is 1. The number of amides is 1. The molecule has 1 aliphatic heterocycles. The van der Waals surface area contributed by atoms with E-state index in [0.29, 0.717) is 25.9 Å². The zero-order valence-corrected chi connectivity index (χ0v) is 15.4. The summed E-state index contributed by atoms with van der Waals surface area (Å²) in [5.74, 6) is -0.107. The third-order valence-electron chi connectivity index (χ3n) is 4.54. The predicted molar refractivity (Wildman–Crippen MR) is 94.5 cm³/mol. The second-order valence-corrected chi connectivity index (χ2v) is 8.49. The summed E-state index contributed by atoms with van der Waals surface area (Å²) in [6.45, 7) is 2.83. The lowest BCUT2D eigenvalue weighted by atomic mass is 9.96. The highest BCUT2D eigenvalue weighted by Gasteiger charge is 2.32. The first-order valence-electron chi connectivity index (χ1n) is 8.39. The molecular weight excluding hydrogens is 326 g/mol. The third kappa shape index (κ3) is 4.34. The molecular formula is C17H27N3O3S. The Morgan fingerprint density at radius 2 is 1.83 bits per heavy atom. The van der Waals surface area contributed by atoms with E-state index in [2.05, 4.69) is 5.32 Å². The van der Waals surface area contributed by atoms with Crippen molar-refractivity contribution in [3.05, 3.63) is 35.9 Å². The number of nitrogens with one attached hydrogen (secondary N) is 1. The Kier molecular flexibility index (Phi) is 6.37. The van der Waals surface area contributed by atoms with Gasteiger partial charge < -0.3 is 5.32 Å². The van der Waals surface area contributed by atoms with Gasteiger partial charge in [0.2, 0.25) is 5.91 Å². The number of rotatable bonds is 6. The number of nitrogens with zero attached hydrogens (tertiary/aromatic N) is 2. The zero-order chi connectivity index (χ0) is 17.7. The number of benzene rings is 1. The van der Waals surface area contributed by atoms with Gasteiger partial charge in [0.15, 0.2) is 0 Å². The zero-order valence-electron chi connectivity index (χ0n) is 14.6. The Hall–Kier alpha value is -1.44. The molecule has 24 heavy (non-hydrogen) atoms. The molecule has 134 valence electrons. The minimum absolute atomic E-state index is 0.00207. The molecule has 1 saturated heterocycles. The molecule has 0 radical (unpaired) electrons. The average Bonchev–Trinajstić information content (AvgIpc) is 2.60. The molecule has 1 heterocycles. The van der Waals surface area contributed by atoms with Crippen molar-refractivity contribution in [2.45, 2.75) is 32.2 Å².